The largest absolute Gasteiger partial charge is 0.375 e. The molecule has 1 aliphatic heterocycles. The molecule has 2 rings (SSSR count). The first-order valence-corrected chi connectivity index (χ1v) is 8.77. The second-order valence-corrected chi connectivity index (χ2v) is 7.44. The summed E-state index contributed by atoms with van der Waals surface area (Å²) in [6, 6.07) is 5.20. The van der Waals surface area contributed by atoms with Crippen molar-refractivity contribution in [3.63, 3.8) is 0 Å². The molecular formula is C15H24N2O3S. The minimum absolute atomic E-state index is 0.0776. The van der Waals surface area contributed by atoms with Gasteiger partial charge in [-0.25, -0.2) is 8.42 Å². The van der Waals surface area contributed by atoms with Crippen LogP contribution in [0.25, 0.3) is 0 Å². The molecule has 1 heterocycles. The molecule has 2 atom stereocenters. The molecule has 0 aliphatic carbocycles. The molecule has 0 aromatic heterocycles. The quantitative estimate of drug-likeness (QED) is 0.917. The molecule has 118 valence electrons. The summed E-state index contributed by atoms with van der Waals surface area (Å²) in [6.07, 6.45) is 0.664. The molecule has 0 saturated carbocycles. The first-order chi connectivity index (χ1) is 9.90. The van der Waals surface area contributed by atoms with E-state index in [-0.39, 0.29) is 12.1 Å². The Morgan fingerprint density at radius 2 is 2.14 bits per heavy atom. The number of nitrogens with zero attached hydrogens (tertiary/aromatic N) is 1. The van der Waals surface area contributed by atoms with Crippen LogP contribution in [-0.2, 0) is 21.3 Å². The molecule has 21 heavy (non-hydrogen) atoms. The van der Waals surface area contributed by atoms with E-state index < -0.39 is 10.0 Å². The normalized spacial score (nSPS) is 24.2. The molecule has 0 bridgehead atoms. The van der Waals surface area contributed by atoms with E-state index in [9.17, 15) is 8.42 Å². The van der Waals surface area contributed by atoms with Gasteiger partial charge in [0.05, 0.1) is 17.6 Å². The molecule has 0 spiro atoms. The van der Waals surface area contributed by atoms with Gasteiger partial charge in [0.2, 0.25) is 10.0 Å². The lowest BCUT2D eigenvalue weighted by molar-refractivity contribution is -0.0230. The summed E-state index contributed by atoms with van der Waals surface area (Å²) in [7, 11) is -3.50. The zero-order valence-corrected chi connectivity index (χ0v) is 13.7. The third-order valence-electron chi connectivity index (χ3n) is 3.95. The summed E-state index contributed by atoms with van der Waals surface area (Å²) in [5.74, 6) is 0. The summed E-state index contributed by atoms with van der Waals surface area (Å²) in [5, 5.41) is 0. The molecular weight excluding hydrogens is 288 g/mol. The number of benzene rings is 1. The highest BCUT2D eigenvalue weighted by molar-refractivity contribution is 7.89. The lowest BCUT2D eigenvalue weighted by Gasteiger charge is -2.37. The van der Waals surface area contributed by atoms with E-state index in [2.05, 4.69) is 0 Å². The fourth-order valence-corrected chi connectivity index (χ4v) is 4.65. The van der Waals surface area contributed by atoms with Crippen molar-refractivity contribution in [3.8, 4) is 0 Å². The Kier molecular flexibility index (Phi) is 5.03. The Labute approximate surface area is 127 Å². The maximum atomic E-state index is 13.0. The van der Waals surface area contributed by atoms with Crippen LogP contribution in [0.1, 0.15) is 31.4 Å². The summed E-state index contributed by atoms with van der Waals surface area (Å²) in [4.78, 5) is 0.368. The summed E-state index contributed by atoms with van der Waals surface area (Å²) in [5.41, 5.74) is 7.29. The Morgan fingerprint density at radius 1 is 1.43 bits per heavy atom. The lowest BCUT2D eigenvalue weighted by atomic mass is 10.1. The molecule has 1 aliphatic rings. The highest BCUT2D eigenvalue weighted by Crippen LogP contribution is 2.26. The van der Waals surface area contributed by atoms with Crippen molar-refractivity contribution in [2.24, 2.45) is 5.73 Å². The van der Waals surface area contributed by atoms with Crippen LogP contribution >= 0.6 is 0 Å². The highest BCUT2D eigenvalue weighted by atomic mass is 32.2. The first-order valence-electron chi connectivity index (χ1n) is 7.33. The lowest BCUT2D eigenvalue weighted by Crippen LogP contribution is -2.51. The van der Waals surface area contributed by atoms with Crippen LogP contribution < -0.4 is 5.73 Å². The van der Waals surface area contributed by atoms with Gasteiger partial charge in [0.25, 0.3) is 0 Å². The van der Waals surface area contributed by atoms with Gasteiger partial charge in [-0.05, 0) is 37.5 Å². The third kappa shape index (κ3) is 3.29. The Morgan fingerprint density at radius 3 is 2.71 bits per heavy atom. The maximum Gasteiger partial charge on any atom is 0.243 e. The van der Waals surface area contributed by atoms with Gasteiger partial charge in [-0.3, -0.25) is 0 Å². The van der Waals surface area contributed by atoms with Gasteiger partial charge in [0.1, 0.15) is 0 Å². The number of hydrogen-bond acceptors (Lipinski definition) is 4. The molecule has 1 aromatic carbocycles. The van der Waals surface area contributed by atoms with Gasteiger partial charge in [-0.2, -0.15) is 4.31 Å². The number of nitrogens with two attached hydrogens (primary N) is 1. The van der Waals surface area contributed by atoms with Crippen molar-refractivity contribution in [2.75, 3.05) is 13.2 Å². The second kappa shape index (κ2) is 6.44. The van der Waals surface area contributed by atoms with E-state index in [4.69, 9.17) is 10.5 Å². The van der Waals surface area contributed by atoms with E-state index in [1.807, 2.05) is 26.8 Å². The van der Waals surface area contributed by atoms with Crippen LogP contribution in [0.4, 0.5) is 0 Å². The number of rotatable bonds is 4. The fraction of sp³-hybridized carbons (Fsp3) is 0.600. The van der Waals surface area contributed by atoms with Gasteiger partial charge in [0, 0.05) is 19.1 Å². The van der Waals surface area contributed by atoms with Gasteiger partial charge in [0.15, 0.2) is 0 Å². The van der Waals surface area contributed by atoms with Crippen molar-refractivity contribution >= 4 is 10.0 Å². The predicted octanol–water partition coefficient (Wildman–Crippen LogP) is 1.64. The van der Waals surface area contributed by atoms with Crippen molar-refractivity contribution in [3.05, 3.63) is 29.3 Å². The minimum atomic E-state index is -3.50. The Balaban J connectivity index is 2.40. The predicted molar refractivity (Wildman–Crippen MR) is 82.5 cm³/mol. The molecule has 5 nitrogen and oxygen atoms in total. The standard InChI is InChI=1S/C15H24N2O3S/c1-4-14-10-20-12(3)9-17(14)21(18,19)15-6-5-13(8-16)7-11(15)2/h5-7,12,14H,4,8-10,16H2,1-3H3. The second-order valence-electron chi connectivity index (χ2n) is 5.58. The van der Waals surface area contributed by atoms with Crippen LogP contribution in [0.5, 0.6) is 0 Å². The minimum Gasteiger partial charge on any atom is -0.375 e. The third-order valence-corrected chi connectivity index (χ3v) is 6.03. The van der Waals surface area contributed by atoms with Crippen LogP contribution in [0.2, 0.25) is 0 Å². The number of hydrogen-bond donors (Lipinski definition) is 1. The molecule has 2 unspecified atom stereocenters. The van der Waals surface area contributed by atoms with E-state index >= 15 is 0 Å². The molecule has 0 radical (unpaired) electrons. The number of sulfonamides is 1. The fourth-order valence-electron chi connectivity index (χ4n) is 2.68. The van der Waals surface area contributed by atoms with Gasteiger partial charge >= 0.3 is 0 Å². The van der Waals surface area contributed by atoms with E-state index in [0.717, 1.165) is 17.5 Å². The van der Waals surface area contributed by atoms with Gasteiger partial charge in [-0.1, -0.05) is 19.1 Å². The molecule has 1 fully saturated rings. The molecule has 1 aromatic rings. The zero-order chi connectivity index (χ0) is 15.6. The Bertz CT molecular complexity index is 601. The van der Waals surface area contributed by atoms with Crippen LogP contribution in [-0.4, -0.2) is 38.0 Å². The average molecular weight is 312 g/mol. The van der Waals surface area contributed by atoms with Crippen LogP contribution in [0.3, 0.4) is 0 Å². The van der Waals surface area contributed by atoms with Gasteiger partial charge < -0.3 is 10.5 Å². The van der Waals surface area contributed by atoms with Crippen molar-refractivity contribution < 1.29 is 13.2 Å². The number of ether oxygens (including phenoxy) is 1. The number of morpholine rings is 1. The summed E-state index contributed by atoms with van der Waals surface area (Å²) in [6.45, 7) is 6.97. The summed E-state index contributed by atoms with van der Waals surface area (Å²) < 4.78 is 33.1. The smallest absolute Gasteiger partial charge is 0.243 e. The van der Waals surface area contributed by atoms with Crippen molar-refractivity contribution in [2.45, 2.75) is 50.8 Å². The maximum absolute atomic E-state index is 13.0. The van der Waals surface area contributed by atoms with E-state index in [1.165, 1.54) is 0 Å². The molecule has 0 amide bonds. The average Bonchev–Trinajstić information content (AvgIpc) is 2.46. The molecule has 6 heteroatoms. The molecule has 2 N–H and O–H groups in total. The highest BCUT2D eigenvalue weighted by Gasteiger charge is 2.36. The topological polar surface area (TPSA) is 72.6 Å². The molecule has 1 saturated heterocycles. The van der Waals surface area contributed by atoms with E-state index in [0.29, 0.717) is 24.6 Å². The first kappa shape index (κ1) is 16.4. The monoisotopic (exact) mass is 312 g/mol. The van der Waals surface area contributed by atoms with Crippen molar-refractivity contribution in [1.82, 2.24) is 4.31 Å². The zero-order valence-electron chi connectivity index (χ0n) is 12.9. The number of aryl methyl sites for hydroxylation is 1. The summed E-state index contributed by atoms with van der Waals surface area (Å²) >= 11 is 0. The van der Waals surface area contributed by atoms with Crippen LogP contribution in [0, 0.1) is 6.92 Å². The van der Waals surface area contributed by atoms with Crippen molar-refractivity contribution in [1.29, 1.82) is 0 Å². The van der Waals surface area contributed by atoms with Crippen LogP contribution in [0.15, 0.2) is 23.1 Å². The van der Waals surface area contributed by atoms with E-state index in [1.54, 1.807) is 16.4 Å². The Hall–Kier alpha value is -0.950. The van der Waals surface area contributed by atoms with Gasteiger partial charge in [-0.15, -0.1) is 0 Å². The SMILES string of the molecule is CCC1COC(C)CN1S(=O)(=O)c1ccc(CN)cc1C.